The number of nitrogens with one attached hydrogen (secondary N) is 2. The predicted molar refractivity (Wildman–Crippen MR) is 139 cm³/mol. The topological polar surface area (TPSA) is 159 Å². The Balaban J connectivity index is 1.63. The Labute approximate surface area is 237 Å². The van der Waals surface area contributed by atoms with Gasteiger partial charge in [-0.15, -0.1) is 0 Å². The van der Waals surface area contributed by atoms with Crippen LogP contribution in [0.2, 0.25) is 0 Å². The average Bonchev–Trinajstić information content (AvgIpc) is 3.46. The maximum absolute atomic E-state index is 16.0. The summed E-state index contributed by atoms with van der Waals surface area (Å²) in [6.07, 6.45) is -11.6. The third-order valence-electron chi connectivity index (χ3n) is 6.16. The Morgan fingerprint density at radius 1 is 1.21 bits per heavy atom. The quantitative estimate of drug-likeness (QED) is 0.163. The fraction of sp³-hybridized carbons (Fsp3) is 0.500. The smallest absolute Gasteiger partial charge is 0.459 e. The first kappa shape index (κ1) is 31.6. The summed E-state index contributed by atoms with van der Waals surface area (Å²) in [5, 5.41) is 15.7. The van der Waals surface area contributed by atoms with E-state index < -0.39 is 62.7 Å². The zero-order valence-corrected chi connectivity index (χ0v) is 23.7. The molecule has 1 unspecified atom stereocenters. The summed E-state index contributed by atoms with van der Waals surface area (Å²) < 4.78 is 94.2. The van der Waals surface area contributed by atoms with Gasteiger partial charge in [0, 0.05) is 7.05 Å². The molecule has 6 atom stereocenters. The summed E-state index contributed by atoms with van der Waals surface area (Å²) in [4.78, 5) is 24.1. The number of hydrogen-bond acceptors (Lipinski definition) is 11. The number of halogens is 4. The molecule has 3 N–H and O–H groups in total. The Bertz CT molecular complexity index is 1450. The minimum absolute atomic E-state index is 0.0172. The second-order valence-electron chi connectivity index (χ2n) is 9.57. The number of carbonyl (C=O) groups is 1. The molecule has 230 valence electrons. The third kappa shape index (κ3) is 6.20. The van der Waals surface area contributed by atoms with Crippen molar-refractivity contribution >= 4 is 30.7 Å². The second kappa shape index (κ2) is 12.1. The standard InChI is InChI=1S/C24H29F4N6O7P/c1-13(2)39-21(36)14(3)33-42(37,41-15-8-6-5-7-9-15)38-10-16-18(35)23(25,24(26,27)28)22(40-16)34-12-32-17-19(29-4)30-11-31-20(17)34/h5-9,11-14,16,18,22,35H,10H2,1-4H3,(H,33,37)(H,29,30,31)/t14-,16-,18-,22-,23-,42?/m1/s1. The molecular formula is C24H29F4N6O7P. The van der Waals surface area contributed by atoms with Crippen LogP contribution in [0.4, 0.5) is 23.4 Å². The number of aliphatic hydroxyl groups excluding tert-OH is 1. The van der Waals surface area contributed by atoms with Crippen LogP contribution in [-0.4, -0.2) is 80.4 Å². The number of imidazole rings is 1. The van der Waals surface area contributed by atoms with Crippen molar-refractivity contribution in [3.63, 3.8) is 0 Å². The number of esters is 1. The fourth-order valence-electron chi connectivity index (χ4n) is 4.17. The van der Waals surface area contributed by atoms with Gasteiger partial charge < -0.3 is 24.4 Å². The van der Waals surface area contributed by atoms with Crippen LogP contribution in [0.5, 0.6) is 5.75 Å². The van der Waals surface area contributed by atoms with Crippen LogP contribution < -0.4 is 14.9 Å². The highest BCUT2D eigenvalue weighted by molar-refractivity contribution is 7.52. The van der Waals surface area contributed by atoms with Crippen LogP contribution in [0.25, 0.3) is 11.2 Å². The molecule has 18 heteroatoms. The number of aliphatic hydroxyl groups is 1. The minimum atomic E-state index is -5.64. The number of aromatic nitrogens is 4. The molecule has 42 heavy (non-hydrogen) atoms. The van der Waals surface area contributed by atoms with E-state index in [4.69, 9.17) is 18.5 Å². The Kier molecular flexibility index (Phi) is 9.08. The van der Waals surface area contributed by atoms with Crippen molar-refractivity contribution in [2.75, 3.05) is 19.0 Å². The van der Waals surface area contributed by atoms with Gasteiger partial charge in [-0.1, -0.05) is 18.2 Å². The van der Waals surface area contributed by atoms with Gasteiger partial charge in [-0.25, -0.2) is 23.9 Å². The number of anilines is 1. The van der Waals surface area contributed by atoms with E-state index in [-0.39, 0.29) is 22.7 Å². The molecule has 0 aliphatic carbocycles. The van der Waals surface area contributed by atoms with Crippen LogP contribution in [0, 0.1) is 0 Å². The first-order valence-corrected chi connectivity index (χ1v) is 14.2. The van der Waals surface area contributed by atoms with Gasteiger partial charge in [-0.05, 0) is 32.9 Å². The van der Waals surface area contributed by atoms with Crippen LogP contribution in [-0.2, 0) is 23.4 Å². The molecule has 0 radical (unpaired) electrons. The lowest BCUT2D eigenvalue weighted by atomic mass is 9.95. The lowest BCUT2D eigenvalue weighted by Gasteiger charge is -2.31. The van der Waals surface area contributed by atoms with Crippen molar-refractivity contribution in [1.29, 1.82) is 0 Å². The summed E-state index contributed by atoms with van der Waals surface area (Å²) in [7, 11) is -3.09. The lowest BCUT2D eigenvalue weighted by Crippen LogP contribution is -2.54. The van der Waals surface area contributed by atoms with Crippen molar-refractivity contribution in [3.8, 4) is 5.75 Å². The fourth-order valence-corrected chi connectivity index (χ4v) is 5.68. The van der Waals surface area contributed by atoms with Crippen molar-refractivity contribution in [1.82, 2.24) is 24.6 Å². The number of ether oxygens (including phenoxy) is 2. The van der Waals surface area contributed by atoms with Crippen LogP contribution >= 0.6 is 7.75 Å². The zero-order chi connectivity index (χ0) is 30.9. The number of nitrogens with zero attached hydrogens (tertiary/aromatic N) is 4. The average molecular weight is 620 g/mol. The van der Waals surface area contributed by atoms with E-state index in [1.54, 1.807) is 32.0 Å². The molecule has 0 amide bonds. The van der Waals surface area contributed by atoms with E-state index in [1.165, 1.54) is 26.1 Å². The first-order valence-electron chi connectivity index (χ1n) is 12.6. The van der Waals surface area contributed by atoms with Gasteiger partial charge >= 0.3 is 19.9 Å². The molecular weight excluding hydrogens is 591 g/mol. The SMILES string of the molecule is CNc1ncnc2c1ncn2[C@@H]1O[C@H](COP(=O)(N[C@H](C)C(=O)OC(C)C)Oc2ccccc2)[C@@H](O)[C@]1(F)C(F)(F)F. The van der Waals surface area contributed by atoms with Gasteiger partial charge in [-0.3, -0.25) is 13.9 Å². The first-order chi connectivity index (χ1) is 19.7. The largest absolute Gasteiger partial charge is 0.462 e. The molecule has 0 saturated carbocycles. The zero-order valence-electron chi connectivity index (χ0n) is 22.8. The van der Waals surface area contributed by atoms with E-state index in [0.717, 1.165) is 12.7 Å². The van der Waals surface area contributed by atoms with Gasteiger partial charge in [-0.2, -0.15) is 18.3 Å². The normalized spacial score (nSPS) is 24.9. The summed E-state index contributed by atoms with van der Waals surface area (Å²) >= 11 is 0. The number of fused-ring (bicyclic) bond motifs is 1. The van der Waals surface area contributed by atoms with Gasteiger partial charge in [0.05, 0.1) is 19.0 Å². The number of hydrogen-bond donors (Lipinski definition) is 3. The van der Waals surface area contributed by atoms with E-state index >= 15 is 4.39 Å². The Morgan fingerprint density at radius 3 is 2.52 bits per heavy atom. The second-order valence-corrected chi connectivity index (χ2v) is 11.3. The number of benzene rings is 1. The molecule has 1 fully saturated rings. The maximum atomic E-state index is 16.0. The molecule has 0 spiro atoms. The molecule has 1 aromatic carbocycles. The molecule has 0 bridgehead atoms. The summed E-state index contributed by atoms with van der Waals surface area (Å²) in [5.74, 6) is -0.648. The summed E-state index contributed by atoms with van der Waals surface area (Å²) in [6.45, 7) is 3.43. The monoisotopic (exact) mass is 620 g/mol. The van der Waals surface area contributed by atoms with Gasteiger partial charge in [0.25, 0.3) is 5.67 Å². The number of alkyl halides is 4. The highest BCUT2D eigenvalue weighted by Crippen LogP contribution is 2.53. The van der Waals surface area contributed by atoms with E-state index in [1.807, 2.05) is 0 Å². The number of para-hydroxylation sites is 1. The number of carbonyl (C=O) groups excluding carboxylic acids is 1. The van der Waals surface area contributed by atoms with Crippen LogP contribution in [0.1, 0.15) is 27.0 Å². The lowest BCUT2D eigenvalue weighted by molar-refractivity contribution is -0.273. The van der Waals surface area contributed by atoms with Gasteiger partial charge in [0.15, 0.2) is 17.7 Å². The van der Waals surface area contributed by atoms with Crippen molar-refractivity contribution in [2.24, 2.45) is 0 Å². The van der Waals surface area contributed by atoms with Gasteiger partial charge in [0.1, 0.15) is 35.8 Å². The molecule has 1 aliphatic heterocycles. The molecule has 2 aromatic heterocycles. The van der Waals surface area contributed by atoms with Crippen LogP contribution in [0.15, 0.2) is 43.0 Å². The van der Waals surface area contributed by atoms with Crippen molar-refractivity contribution in [2.45, 2.75) is 63.2 Å². The Morgan fingerprint density at radius 2 is 1.90 bits per heavy atom. The van der Waals surface area contributed by atoms with Crippen LogP contribution in [0.3, 0.4) is 0 Å². The molecule has 4 rings (SSSR count). The minimum Gasteiger partial charge on any atom is -0.462 e. The van der Waals surface area contributed by atoms with Gasteiger partial charge in [0.2, 0.25) is 0 Å². The Hall–Kier alpha value is -3.37. The molecule has 13 nitrogen and oxygen atoms in total. The number of rotatable bonds is 11. The van der Waals surface area contributed by atoms with E-state index in [2.05, 4.69) is 25.4 Å². The molecule has 3 aromatic rings. The molecule has 1 aliphatic rings. The van der Waals surface area contributed by atoms with Crippen molar-refractivity contribution in [3.05, 3.63) is 43.0 Å². The molecule has 3 heterocycles. The maximum Gasteiger partial charge on any atom is 0.459 e. The van der Waals surface area contributed by atoms with E-state index in [0.29, 0.717) is 4.57 Å². The highest BCUT2D eigenvalue weighted by Gasteiger charge is 2.73. The summed E-state index contributed by atoms with van der Waals surface area (Å²) in [6, 6.07) is 6.28. The van der Waals surface area contributed by atoms with E-state index in [9.17, 15) is 27.6 Å². The summed E-state index contributed by atoms with van der Waals surface area (Å²) in [5.41, 5.74) is -4.56. The highest BCUT2D eigenvalue weighted by atomic mass is 31.2. The van der Waals surface area contributed by atoms with Crippen molar-refractivity contribution < 1.29 is 50.5 Å². The molecule has 1 saturated heterocycles. The predicted octanol–water partition coefficient (Wildman–Crippen LogP) is 3.53. The third-order valence-corrected chi connectivity index (χ3v) is 7.81.